The summed E-state index contributed by atoms with van der Waals surface area (Å²) in [6, 6.07) is 19.6. The van der Waals surface area contributed by atoms with Gasteiger partial charge in [-0.25, -0.2) is 0 Å². The van der Waals surface area contributed by atoms with Gasteiger partial charge < -0.3 is 20.0 Å². The molecule has 4 rings (SSSR count). The summed E-state index contributed by atoms with van der Waals surface area (Å²) >= 11 is 0. The van der Waals surface area contributed by atoms with E-state index in [-0.39, 0.29) is 5.91 Å². The molecule has 33 heavy (non-hydrogen) atoms. The first-order valence-electron chi connectivity index (χ1n) is 12.6. The van der Waals surface area contributed by atoms with Crippen LogP contribution in [0.3, 0.4) is 0 Å². The van der Waals surface area contributed by atoms with E-state index >= 15 is 0 Å². The van der Waals surface area contributed by atoms with E-state index in [4.69, 9.17) is 0 Å². The predicted molar refractivity (Wildman–Crippen MR) is 137 cm³/mol. The van der Waals surface area contributed by atoms with Crippen LogP contribution >= 0.6 is 0 Å². The summed E-state index contributed by atoms with van der Waals surface area (Å²) in [6.45, 7) is 6.96. The summed E-state index contributed by atoms with van der Waals surface area (Å²) in [5, 5.41) is 3.89. The number of amides is 1. The topological polar surface area (TPSA) is 38.8 Å². The minimum atomic E-state index is 0.0609. The van der Waals surface area contributed by atoms with Gasteiger partial charge in [0.2, 0.25) is 0 Å². The van der Waals surface area contributed by atoms with E-state index in [1.807, 2.05) is 12.1 Å². The third-order valence-electron chi connectivity index (χ3n) is 7.24. The molecule has 2 aliphatic heterocycles. The third kappa shape index (κ3) is 6.81. The Hall–Kier alpha value is -2.37. The lowest BCUT2D eigenvalue weighted by Crippen LogP contribution is -2.46. The van der Waals surface area contributed by atoms with Crippen molar-refractivity contribution in [1.82, 2.24) is 15.1 Å². The molecule has 2 aromatic carbocycles. The summed E-state index contributed by atoms with van der Waals surface area (Å²) in [5.74, 6) is 0.833. The highest BCUT2D eigenvalue weighted by molar-refractivity contribution is 5.94. The van der Waals surface area contributed by atoms with E-state index < -0.39 is 0 Å². The van der Waals surface area contributed by atoms with Crippen molar-refractivity contribution in [1.29, 1.82) is 0 Å². The van der Waals surface area contributed by atoms with Gasteiger partial charge in [-0.05, 0) is 80.9 Å². The molecule has 178 valence electrons. The fraction of sp³-hybridized carbons (Fsp3) is 0.536. The van der Waals surface area contributed by atoms with Crippen molar-refractivity contribution in [2.45, 2.75) is 38.1 Å². The molecule has 1 amide bonds. The summed E-state index contributed by atoms with van der Waals surface area (Å²) in [4.78, 5) is 18.8. The summed E-state index contributed by atoms with van der Waals surface area (Å²) in [5.41, 5.74) is 3.43. The van der Waals surface area contributed by atoms with Crippen molar-refractivity contribution in [3.63, 3.8) is 0 Å². The van der Waals surface area contributed by atoms with Gasteiger partial charge in [0.1, 0.15) is 0 Å². The molecular formula is C28H40N4O. The average Bonchev–Trinajstić information content (AvgIpc) is 2.87. The van der Waals surface area contributed by atoms with Gasteiger partial charge in [0.15, 0.2) is 0 Å². The van der Waals surface area contributed by atoms with Crippen LogP contribution in [0.1, 0.15) is 41.6 Å². The number of hydrogen-bond donors (Lipinski definition) is 1. The normalized spacial score (nSPS) is 20.1. The lowest BCUT2D eigenvalue weighted by molar-refractivity contribution is 0.0827. The van der Waals surface area contributed by atoms with E-state index in [2.05, 4.69) is 57.6 Å². The Labute approximate surface area is 199 Å². The number of nitrogens with one attached hydrogen (secondary N) is 1. The molecule has 1 N–H and O–H groups in total. The number of carbonyl (C=O) groups excluding carboxylic acids is 1. The Balaban J connectivity index is 1.17. The summed E-state index contributed by atoms with van der Waals surface area (Å²) in [7, 11) is 3.59. The van der Waals surface area contributed by atoms with Gasteiger partial charge in [0, 0.05) is 57.6 Å². The Kier molecular flexibility index (Phi) is 8.40. The number of likely N-dealkylation sites (tertiary alicyclic amines) is 1. The molecule has 0 spiro atoms. The lowest BCUT2D eigenvalue weighted by atomic mass is 9.96. The molecule has 0 bridgehead atoms. The van der Waals surface area contributed by atoms with Gasteiger partial charge in [0.05, 0.1) is 0 Å². The van der Waals surface area contributed by atoms with E-state index in [9.17, 15) is 4.79 Å². The molecule has 2 saturated heterocycles. The Morgan fingerprint density at radius 1 is 0.970 bits per heavy atom. The number of anilines is 1. The number of benzene rings is 2. The van der Waals surface area contributed by atoms with Crippen molar-refractivity contribution in [2.75, 3.05) is 58.3 Å². The summed E-state index contributed by atoms with van der Waals surface area (Å²) in [6.07, 6.45) is 6.20. The van der Waals surface area contributed by atoms with E-state index in [0.29, 0.717) is 6.04 Å². The van der Waals surface area contributed by atoms with Crippen LogP contribution in [0.25, 0.3) is 0 Å². The maximum atomic E-state index is 12.1. The zero-order valence-corrected chi connectivity index (χ0v) is 20.4. The molecule has 0 aliphatic carbocycles. The highest BCUT2D eigenvalue weighted by Crippen LogP contribution is 2.22. The number of hydrogen-bond acceptors (Lipinski definition) is 4. The van der Waals surface area contributed by atoms with Crippen molar-refractivity contribution in [3.8, 4) is 0 Å². The highest BCUT2D eigenvalue weighted by Gasteiger charge is 2.23. The van der Waals surface area contributed by atoms with Crippen LogP contribution in [0.15, 0.2) is 54.6 Å². The predicted octanol–water partition coefficient (Wildman–Crippen LogP) is 3.90. The zero-order valence-electron chi connectivity index (χ0n) is 20.4. The van der Waals surface area contributed by atoms with Crippen LogP contribution in [0, 0.1) is 5.92 Å². The maximum absolute atomic E-state index is 12.1. The number of rotatable bonds is 8. The van der Waals surface area contributed by atoms with Crippen LogP contribution in [0.5, 0.6) is 0 Å². The first kappa shape index (κ1) is 23.8. The second-order valence-corrected chi connectivity index (χ2v) is 9.96. The minimum Gasteiger partial charge on any atom is -0.371 e. The fourth-order valence-corrected chi connectivity index (χ4v) is 5.20. The third-order valence-corrected chi connectivity index (χ3v) is 7.24. The van der Waals surface area contributed by atoms with Gasteiger partial charge in [-0.3, -0.25) is 4.79 Å². The van der Waals surface area contributed by atoms with Gasteiger partial charge in [-0.2, -0.15) is 0 Å². The molecular weight excluding hydrogens is 408 g/mol. The second kappa shape index (κ2) is 11.7. The molecule has 5 heteroatoms. The standard InChI is InChI=1S/C28H40N4O/c1-30(2)28(33)25-10-12-27(13-11-25)32-19-15-26(16-20-32)29-21-24-9-6-17-31(22-24)18-14-23-7-4-3-5-8-23/h3-5,7-8,10-13,24,26,29H,6,9,14-22H2,1-2H3/t24-/m1/s1. The molecule has 2 aliphatic rings. The first-order valence-corrected chi connectivity index (χ1v) is 12.6. The SMILES string of the molecule is CN(C)C(=O)c1ccc(N2CCC(NC[C@H]3CCCN(CCc4ccccc4)C3)CC2)cc1. The van der Waals surface area contributed by atoms with Crippen molar-refractivity contribution < 1.29 is 4.79 Å². The Morgan fingerprint density at radius 3 is 2.39 bits per heavy atom. The highest BCUT2D eigenvalue weighted by atomic mass is 16.2. The van der Waals surface area contributed by atoms with Gasteiger partial charge in [-0.1, -0.05) is 30.3 Å². The van der Waals surface area contributed by atoms with Crippen molar-refractivity contribution >= 4 is 11.6 Å². The number of piperidine rings is 2. The zero-order chi connectivity index (χ0) is 23.0. The van der Waals surface area contributed by atoms with Gasteiger partial charge >= 0.3 is 0 Å². The average molecular weight is 449 g/mol. The maximum Gasteiger partial charge on any atom is 0.253 e. The molecule has 2 heterocycles. The molecule has 0 unspecified atom stereocenters. The number of nitrogens with zero attached hydrogens (tertiary/aromatic N) is 3. The smallest absolute Gasteiger partial charge is 0.253 e. The van der Waals surface area contributed by atoms with Crippen LogP contribution in [0.2, 0.25) is 0 Å². The first-order chi connectivity index (χ1) is 16.1. The Morgan fingerprint density at radius 2 is 1.70 bits per heavy atom. The quantitative estimate of drug-likeness (QED) is 0.665. The van der Waals surface area contributed by atoms with Crippen LogP contribution in [-0.2, 0) is 6.42 Å². The van der Waals surface area contributed by atoms with E-state index in [0.717, 1.165) is 37.5 Å². The van der Waals surface area contributed by atoms with Crippen molar-refractivity contribution in [2.24, 2.45) is 5.92 Å². The summed E-state index contributed by atoms with van der Waals surface area (Å²) < 4.78 is 0. The monoisotopic (exact) mass is 448 g/mol. The molecule has 2 fully saturated rings. The molecule has 1 atom stereocenters. The van der Waals surface area contributed by atoms with Gasteiger partial charge in [-0.15, -0.1) is 0 Å². The molecule has 0 radical (unpaired) electrons. The minimum absolute atomic E-state index is 0.0609. The van der Waals surface area contributed by atoms with E-state index in [1.165, 1.54) is 56.6 Å². The van der Waals surface area contributed by atoms with E-state index in [1.54, 1.807) is 19.0 Å². The second-order valence-electron chi connectivity index (χ2n) is 9.96. The van der Waals surface area contributed by atoms with Gasteiger partial charge in [0.25, 0.3) is 5.91 Å². The molecule has 5 nitrogen and oxygen atoms in total. The van der Waals surface area contributed by atoms with Crippen LogP contribution < -0.4 is 10.2 Å². The fourth-order valence-electron chi connectivity index (χ4n) is 5.20. The largest absolute Gasteiger partial charge is 0.371 e. The molecule has 0 aromatic heterocycles. The van der Waals surface area contributed by atoms with Crippen molar-refractivity contribution in [3.05, 3.63) is 65.7 Å². The number of carbonyl (C=O) groups is 1. The molecule has 2 aromatic rings. The molecule has 0 saturated carbocycles. The Bertz CT molecular complexity index is 859. The van der Waals surface area contributed by atoms with Crippen LogP contribution in [-0.4, -0.2) is 75.1 Å². The van der Waals surface area contributed by atoms with Crippen LogP contribution in [0.4, 0.5) is 5.69 Å². The lowest BCUT2D eigenvalue weighted by Gasteiger charge is -2.37.